The largest absolute Gasteiger partial charge is 0.397 e. The molecule has 1 saturated heterocycles. The van der Waals surface area contributed by atoms with Crippen molar-refractivity contribution < 1.29 is 9.59 Å². The summed E-state index contributed by atoms with van der Waals surface area (Å²) in [6.45, 7) is 0.290. The molecule has 3 N–H and O–H groups in total. The molecule has 2 amide bonds. The van der Waals surface area contributed by atoms with E-state index in [1.165, 1.54) is 0 Å². The normalized spacial score (nSPS) is 16.2. The Morgan fingerprint density at radius 3 is 2.50 bits per heavy atom. The van der Waals surface area contributed by atoms with E-state index < -0.39 is 0 Å². The number of nitrogen functional groups attached to an aromatic ring is 1. The number of hydrogen-bond donors (Lipinski definition) is 2. The zero-order valence-corrected chi connectivity index (χ0v) is 9.95. The maximum atomic E-state index is 11.2. The Bertz CT molecular complexity index is 445. The first-order valence-corrected chi connectivity index (χ1v) is 5.48. The van der Waals surface area contributed by atoms with Crippen LogP contribution in [-0.2, 0) is 9.59 Å². The highest BCUT2D eigenvalue weighted by Crippen LogP contribution is 2.27. The van der Waals surface area contributed by atoms with Gasteiger partial charge in [0.05, 0.1) is 24.5 Å². The Balaban J connectivity index is 2.32. The first-order valence-electron chi connectivity index (χ1n) is 4.69. The maximum absolute atomic E-state index is 11.2. The molecule has 0 radical (unpaired) electrons. The van der Waals surface area contributed by atoms with Crippen molar-refractivity contribution in [1.29, 1.82) is 0 Å². The van der Waals surface area contributed by atoms with E-state index in [1.54, 1.807) is 17.0 Å². The molecule has 0 spiro atoms. The molecule has 1 aliphatic heterocycles. The fourth-order valence-electron chi connectivity index (χ4n) is 1.60. The molecule has 1 heterocycles. The van der Waals surface area contributed by atoms with Crippen molar-refractivity contribution in [2.24, 2.45) is 0 Å². The van der Waals surface area contributed by atoms with Crippen LogP contribution in [0.2, 0.25) is 0 Å². The quantitative estimate of drug-likeness (QED) is 0.581. The van der Waals surface area contributed by atoms with E-state index in [0.29, 0.717) is 11.4 Å². The summed E-state index contributed by atoms with van der Waals surface area (Å²) >= 11 is 3.33. The number of rotatable bonds is 1. The maximum Gasteiger partial charge on any atom is 0.246 e. The first-order chi connectivity index (χ1) is 7.56. The van der Waals surface area contributed by atoms with Gasteiger partial charge in [-0.2, -0.15) is 0 Å². The van der Waals surface area contributed by atoms with Gasteiger partial charge in [-0.25, -0.2) is 0 Å². The van der Waals surface area contributed by atoms with Crippen molar-refractivity contribution in [1.82, 2.24) is 5.32 Å². The average molecular weight is 284 g/mol. The second kappa shape index (κ2) is 4.13. The molecule has 16 heavy (non-hydrogen) atoms. The van der Waals surface area contributed by atoms with Gasteiger partial charge in [-0.05, 0) is 18.2 Å². The molecular weight excluding hydrogens is 274 g/mol. The van der Waals surface area contributed by atoms with Gasteiger partial charge >= 0.3 is 0 Å². The Labute approximate surface area is 101 Å². The fraction of sp³-hybridized carbons (Fsp3) is 0.200. The fourth-order valence-corrected chi connectivity index (χ4v) is 1.95. The van der Waals surface area contributed by atoms with Crippen molar-refractivity contribution in [3.8, 4) is 0 Å². The molecule has 0 saturated carbocycles. The van der Waals surface area contributed by atoms with Crippen LogP contribution in [0.3, 0.4) is 0 Å². The standard InChI is InChI=1S/C10H10BrN3O2/c11-6-1-2-7(12)8(3-6)14-4-9(15)13-10(16)5-14/h1-3H,4-5,12H2,(H,13,15,16). The van der Waals surface area contributed by atoms with Crippen molar-refractivity contribution >= 4 is 39.1 Å². The van der Waals surface area contributed by atoms with Crippen molar-refractivity contribution in [3.05, 3.63) is 22.7 Å². The summed E-state index contributed by atoms with van der Waals surface area (Å²) in [4.78, 5) is 24.1. The lowest BCUT2D eigenvalue weighted by atomic mass is 10.2. The lowest BCUT2D eigenvalue weighted by molar-refractivity contribution is -0.130. The van der Waals surface area contributed by atoms with Crippen LogP contribution in [-0.4, -0.2) is 24.9 Å². The van der Waals surface area contributed by atoms with Gasteiger partial charge in [0, 0.05) is 4.47 Å². The van der Waals surface area contributed by atoms with E-state index in [1.807, 2.05) is 6.07 Å². The molecule has 1 aromatic rings. The van der Waals surface area contributed by atoms with Crippen LogP contribution >= 0.6 is 15.9 Å². The first kappa shape index (κ1) is 10.9. The van der Waals surface area contributed by atoms with Gasteiger partial charge in [-0.15, -0.1) is 0 Å². The van der Waals surface area contributed by atoms with Gasteiger partial charge in [-0.1, -0.05) is 15.9 Å². The Hall–Kier alpha value is -1.56. The molecular formula is C10H10BrN3O2. The van der Waals surface area contributed by atoms with Gasteiger partial charge in [-0.3, -0.25) is 14.9 Å². The van der Waals surface area contributed by atoms with Crippen LogP contribution in [0.4, 0.5) is 11.4 Å². The third-order valence-corrected chi connectivity index (χ3v) is 2.77. The number of nitrogens with one attached hydrogen (secondary N) is 1. The lowest BCUT2D eigenvalue weighted by Crippen LogP contribution is -2.51. The van der Waals surface area contributed by atoms with E-state index in [9.17, 15) is 9.59 Å². The highest BCUT2D eigenvalue weighted by Gasteiger charge is 2.23. The van der Waals surface area contributed by atoms with Crippen LogP contribution in [0, 0.1) is 0 Å². The zero-order chi connectivity index (χ0) is 11.7. The van der Waals surface area contributed by atoms with Crippen molar-refractivity contribution in [2.75, 3.05) is 23.7 Å². The zero-order valence-electron chi connectivity index (χ0n) is 8.37. The molecule has 84 valence electrons. The SMILES string of the molecule is Nc1ccc(Br)cc1N1CC(=O)NC(=O)C1. The summed E-state index contributed by atoms with van der Waals surface area (Å²) in [5.74, 6) is -0.619. The topological polar surface area (TPSA) is 75.4 Å². The molecule has 0 aromatic heterocycles. The van der Waals surface area contributed by atoms with Crippen LogP contribution in [0.5, 0.6) is 0 Å². The summed E-state index contributed by atoms with van der Waals surface area (Å²) in [7, 11) is 0. The summed E-state index contributed by atoms with van der Waals surface area (Å²) in [6, 6.07) is 5.34. The lowest BCUT2D eigenvalue weighted by Gasteiger charge is -2.28. The Kier molecular flexibility index (Phi) is 2.82. The predicted octanol–water partition coefficient (Wildman–Crippen LogP) is 0.494. The predicted molar refractivity (Wildman–Crippen MR) is 63.9 cm³/mol. The van der Waals surface area contributed by atoms with Crippen molar-refractivity contribution in [3.63, 3.8) is 0 Å². The second-order valence-electron chi connectivity index (χ2n) is 3.53. The van der Waals surface area contributed by atoms with Gasteiger partial charge in [0.2, 0.25) is 11.8 Å². The molecule has 0 atom stereocenters. The van der Waals surface area contributed by atoms with Gasteiger partial charge < -0.3 is 10.6 Å². The van der Waals surface area contributed by atoms with E-state index in [2.05, 4.69) is 21.2 Å². The van der Waals surface area contributed by atoms with E-state index in [-0.39, 0.29) is 24.9 Å². The molecule has 0 aliphatic carbocycles. The summed E-state index contributed by atoms with van der Waals surface area (Å²) < 4.78 is 0.857. The van der Waals surface area contributed by atoms with Gasteiger partial charge in [0.25, 0.3) is 0 Å². The molecule has 0 unspecified atom stereocenters. The number of benzene rings is 1. The van der Waals surface area contributed by atoms with E-state index >= 15 is 0 Å². The third-order valence-electron chi connectivity index (χ3n) is 2.28. The number of nitrogens with two attached hydrogens (primary N) is 1. The van der Waals surface area contributed by atoms with Crippen molar-refractivity contribution in [2.45, 2.75) is 0 Å². The highest BCUT2D eigenvalue weighted by atomic mass is 79.9. The number of amides is 2. The smallest absolute Gasteiger partial charge is 0.246 e. The number of imide groups is 1. The molecule has 1 aromatic carbocycles. The summed E-state index contributed by atoms with van der Waals surface area (Å²) in [6.07, 6.45) is 0. The monoisotopic (exact) mass is 283 g/mol. The minimum atomic E-state index is -0.310. The second-order valence-corrected chi connectivity index (χ2v) is 4.45. The van der Waals surface area contributed by atoms with Crippen LogP contribution < -0.4 is 16.0 Å². The molecule has 0 bridgehead atoms. The molecule has 6 heteroatoms. The number of piperazine rings is 1. The molecule has 1 aliphatic rings. The third kappa shape index (κ3) is 2.16. The number of carbonyl (C=O) groups excluding carboxylic acids is 2. The van der Waals surface area contributed by atoms with Crippen LogP contribution in [0.15, 0.2) is 22.7 Å². The molecule has 5 nitrogen and oxygen atoms in total. The molecule has 2 rings (SSSR count). The van der Waals surface area contributed by atoms with E-state index in [0.717, 1.165) is 4.47 Å². The minimum absolute atomic E-state index is 0.145. The number of carbonyl (C=O) groups is 2. The average Bonchev–Trinajstić information content (AvgIpc) is 2.20. The number of nitrogens with zero attached hydrogens (tertiary/aromatic N) is 1. The minimum Gasteiger partial charge on any atom is -0.397 e. The summed E-state index contributed by atoms with van der Waals surface area (Å²) in [5.41, 5.74) is 7.04. The van der Waals surface area contributed by atoms with E-state index in [4.69, 9.17) is 5.73 Å². The Morgan fingerprint density at radius 2 is 1.88 bits per heavy atom. The van der Waals surface area contributed by atoms with Gasteiger partial charge in [0.15, 0.2) is 0 Å². The number of anilines is 2. The van der Waals surface area contributed by atoms with Crippen LogP contribution in [0.25, 0.3) is 0 Å². The number of halogens is 1. The number of hydrogen-bond acceptors (Lipinski definition) is 4. The summed E-state index contributed by atoms with van der Waals surface area (Å²) in [5, 5.41) is 2.24. The highest BCUT2D eigenvalue weighted by molar-refractivity contribution is 9.10. The Morgan fingerprint density at radius 1 is 1.25 bits per heavy atom. The van der Waals surface area contributed by atoms with Crippen LogP contribution in [0.1, 0.15) is 0 Å². The molecule has 1 fully saturated rings. The van der Waals surface area contributed by atoms with Gasteiger partial charge in [0.1, 0.15) is 0 Å².